The molecule has 1 unspecified atom stereocenters. The molecule has 5 rings (SSSR count). The van der Waals surface area contributed by atoms with E-state index in [1.807, 2.05) is 55.5 Å². The number of rotatable bonds is 8. The molecule has 9 heteroatoms. The number of hydrogen-bond donors (Lipinski definition) is 0. The summed E-state index contributed by atoms with van der Waals surface area (Å²) < 4.78 is 43.2. The number of ether oxygens (including phenoxy) is 8. The number of esters is 1. The summed E-state index contributed by atoms with van der Waals surface area (Å²) in [6.45, 7) is 2.46. The van der Waals surface area contributed by atoms with Crippen LogP contribution in [-0.4, -0.2) is 55.2 Å². The lowest BCUT2D eigenvalue weighted by Crippen LogP contribution is -2.20. The molecule has 222 valence electrons. The standard InChI is InChI=1S/C23H22O6.C10H14O3/c1-25-19-12-15(13-20(26-2)22(19)27-3)23(24)29-18-10-11-28-21-16-7-5-4-6-14(16)8-9-17(18)21;1-7-5-8(11-2)10(13-4)9(6-7)12-3/h4-9,12-13,18H,10-11H2,1-3H3;5-6H,1-4H3. The van der Waals surface area contributed by atoms with Crippen LogP contribution in [0.15, 0.2) is 60.7 Å². The molecule has 9 nitrogen and oxygen atoms in total. The maximum absolute atomic E-state index is 12.9. The molecule has 0 N–H and O–H groups in total. The zero-order valence-electron chi connectivity index (χ0n) is 24.9. The van der Waals surface area contributed by atoms with Crippen molar-refractivity contribution in [3.05, 3.63) is 77.4 Å². The van der Waals surface area contributed by atoms with E-state index in [4.69, 9.17) is 37.9 Å². The monoisotopic (exact) mass is 576 g/mol. The highest BCUT2D eigenvalue weighted by Crippen LogP contribution is 2.42. The normalized spacial score (nSPS) is 13.5. The summed E-state index contributed by atoms with van der Waals surface area (Å²) in [5.74, 6) is 3.56. The third-order valence-corrected chi connectivity index (χ3v) is 6.84. The number of hydrogen-bond acceptors (Lipinski definition) is 9. The van der Waals surface area contributed by atoms with E-state index in [-0.39, 0.29) is 0 Å². The van der Waals surface area contributed by atoms with E-state index in [1.54, 1.807) is 33.5 Å². The highest BCUT2D eigenvalue weighted by molar-refractivity contribution is 5.92. The van der Waals surface area contributed by atoms with Crippen molar-refractivity contribution in [2.24, 2.45) is 0 Å². The van der Waals surface area contributed by atoms with E-state index in [1.165, 1.54) is 21.3 Å². The molecule has 1 aliphatic rings. The number of fused-ring (bicyclic) bond motifs is 3. The van der Waals surface area contributed by atoms with Gasteiger partial charge in [0.1, 0.15) is 11.9 Å². The van der Waals surface area contributed by atoms with Gasteiger partial charge in [0.2, 0.25) is 11.5 Å². The molecule has 0 spiro atoms. The first-order valence-corrected chi connectivity index (χ1v) is 13.3. The van der Waals surface area contributed by atoms with Gasteiger partial charge in [-0.05, 0) is 42.1 Å². The van der Waals surface area contributed by atoms with E-state index in [2.05, 4.69) is 0 Å². The quantitative estimate of drug-likeness (QED) is 0.216. The number of methoxy groups -OCH3 is 6. The summed E-state index contributed by atoms with van der Waals surface area (Å²) in [7, 11) is 9.34. The maximum Gasteiger partial charge on any atom is 0.339 e. The maximum atomic E-state index is 12.9. The minimum absolute atomic E-state index is 0.327. The van der Waals surface area contributed by atoms with Crippen LogP contribution in [0.5, 0.6) is 40.2 Å². The number of carbonyl (C=O) groups is 1. The Balaban J connectivity index is 0.000000262. The Morgan fingerprint density at radius 2 is 1.26 bits per heavy atom. The van der Waals surface area contributed by atoms with E-state index >= 15 is 0 Å². The minimum Gasteiger partial charge on any atom is -0.493 e. The third-order valence-electron chi connectivity index (χ3n) is 6.84. The van der Waals surface area contributed by atoms with Gasteiger partial charge in [-0.25, -0.2) is 4.79 Å². The number of aryl methyl sites for hydroxylation is 1. The summed E-state index contributed by atoms with van der Waals surface area (Å²) in [5, 5.41) is 2.10. The largest absolute Gasteiger partial charge is 0.493 e. The second kappa shape index (κ2) is 13.7. The molecule has 0 radical (unpaired) electrons. The lowest BCUT2D eigenvalue weighted by atomic mass is 9.98. The van der Waals surface area contributed by atoms with Crippen LogP contribution in [0.4, 0.5) is 0 Å². The topological polar surface area (TPSA) is 90.9 Å². The molecule has 4 aromatic carbocycles. The fourth-order valence-electron chi connectivity index (χ4n) is 4.83. The molecular formula is C33H36O9. The molecule has 4 aromatic rings. The summed E-state index contributed by atoms with van der Waals surface area (Å²) in [5.41, 5.74) is 2.28. The predicted octanol–water partition coefficient (Wildman–Crippen LogP) is 6.57. The van der Waals surface area contributed by atoms with Crippen LogP contribution in [0.25, 0.3) is 10.8 Å². The van der Waals surface area contributed by atoms with Crippen molar-refractivity contribution >= 4 is 16.7 Å². The molecule has 0 bridgehead atoms. The fourth-order valence-corrected chi connectivity index (χ4v) is 4.83. The second-order valence-corrected chi connectivity index (χ2v) is 9.35. The van der Waals surface area contributed by atoms with Crippen LogP contribution in [0.2, 0.25) is 0 Å². The molecule has 42 heavy (non-hydrogen) atoms. The number of benzene rings is 4. The Hall–Kier alpha value is -4.79. The van der Waals surface area contributed by atoms with Gasteiger partial charge in [0.15, 0.2) is 23.0 Å². The number of carbonyl (C=O) groups excluding carboxylic acids is 1. The first-order chi connectivity index (χ1) is 20.4. The summed E-state index contributed by atoms with van der Waals surface area (Å²) in [6, 6.07) is 19.0. The van der Waals surface area contributed by atoms with Crippen molar-refractivity contribution in [2.75, 3.05) is 49.3 Å². The third kappa shape index (κ3) is 6.25. The molecule has 1 aliphatic heterocycles. The van der Waals surface area contributed by atoms with Gasteiger partial charge in [0.05, 0.1) is 54.8 Å². The second-order valence-electron chi connectivity index (χ2n) is 9.35. The van der Waals surface area contributed by atoms with E-state index < -0.39 is 12.1 Å². The summed E-state index contributed by atoms with van der Waals surface area (Å²) in [6.07, 6.45) is 0.191. The Labute approximate surface area is 245 Å². The Morgan fingerprint density at radius 1 is 0.714 bits per heavy atom. The van der Waals surface area contributed by atoms with Crippen LogP contribution in [0.3, 0.4) is 0 Å². The minimum atomic E-state index is -0.463. The average Bonchev–Trinajstić information content (AvgIpc) is 3.03. The van der Waals surface area contributed by atoms with Crippen LogP contribution in [0, 0.1) is 6.92 Å². The Bertz CT molecular complexity index is 1500. The van der Waals surface area contributed by atoms with Crippen molar-refractivity contribution in [1.29, 1.82) is 0 Å². The highest BCUT2D eigenvalue weighted by Gasteiger charge is 2.28. The molecule has 0 fully saturated rings. The average molecular weight is 577 g/mol. The zero-order chi connectivity index (χ0) is 30.2. The van der Waals surface area contributed by atoms with Gasteiger partial charge < -0.3 is 37.9 Å². The molecule has 0 aromatic heterocycles. The van der Waals surface area contributed by atoms with Gasteiger partial charge in [0, 0.05) is 17.4 Å². The fraction of sp³-hybridized carbons (Fsp3) is 0.303. The van der Waals surface area contributed by atoms with Crippen LogP contribution in [0.1, 0.15) is 34.0 Å². The molecule has 1 heterocycles. The van der Waals surface area contributed by atoms with Crippen molar-refractivity contribution in [3.8, 4) is 40.2 Å². The SMILES string of the molecule is COc1cc(C(=O)OC2CCOc3c2ccc2ccccc32)cc(OC)c1OC.COc1cc(C)cc(OC)c1OC. The molecule has 1 atom stereocenters. The van der Waals surface area contributed by atoms with E-state index in [0.29, 0.717) is 53.1 Å². The molecule has 0 aliphatic carbocycles. The van der Waals surface area contributed by atoms with E-state index in [0.717, 1.165) is 27.6 Å². The van der Waals surface area contributed by atoms with Gasteiger partial charge in [0.25, 0.3) is 0 Å². The smallest absolute Gasteiger partial charge is 0.339 e. The van der Waals surface area contributed by atoms with Crippen LogP contribution < -0.4 is 33.2 Å². The van der Waals surface area contributed by atoms with Gasteiger partial charge in [-0.1, -0.05) is 36.4 Å². The van der Waals surface area contributed by atoms with Gasteiger partial charge >= 0.3 is 5.97 Å². The molecule has 0 saturated heterocycles. The van der Waals surface area contributed by atoms with Gasteiger partial charge in [-0.3, -0.25) is 0 Å². The van der Waals surface area contributed by atoms with Crippen LogP contribution >= 0.6 is 0 Å². The van der Waals surface area contributed by atoms with Crippen LogP contribution in [-0.2, 0) is 4.74 Å². The Morgan fingerprint density at radius 3 is 1.81 bits per heavy atom. The molecular weight excluding hydrogens is 540 g/mol. The zero-order valence-corrected chi connectivity index (χ0v) is 24.9. The first-order valence-electron chi connectivity index (χ1n) is 13.3. The lowest BCUT2D eigenvalue weighted by Gasteiger charge is -2.27. The van der Waals surface area contributed by atoms with Crippen molar-refractivity contribution in [1.82, 2.24) is 0 Å². The predicted molar refractivity (Wildman–Crippen MR) is 159 cm³/mol. The van der Waals surface area contributed by atoms with Gasteiger partial charge in [-0.2, -0.15) is 0 Å². The van der Waals surface area contributed by atoms with Crippen molar-refractivity contribution in [2.45, 2.75) is 19.4 Å². The van der Waals surface area contributed by atoms with Gasteiger partial charge in [-0.15, -0.1) is 0 Å². The summed E-state index contributed by atoms with van der Waals surface area (Å²) >= 11 is 0. The Kier molecular flexibility index (Phi) is 9.85. The lowest BCUT2D eigenvalue weighted by molar-refractivity contribution is 0.0194. The first kappa shape index (κ1) is 30.2. The molecule has 0 amide bonds. The molecule has 0 saturated carbocycles. The highest BCUT2D eigenvalue weighted by atomic mass is 16.6. The van der Waals surface area contributed by atoms with Crippen molar-refractivity contribution in [3.63, 3.8) is 0 Å². The summed E-state index contributed by atoms with van der Waals surface area (Å²) in [4.78, 5) is 12.9. The van der Waals surface area contributed by atoms with Crippen molar-refractivity contribution < 1.29 is 42.7 Å². The van der Waals surface area contributed by atoms with E-state index in [9.17, 15) is 4.79 Å².